The molecule has 1 aliphatic heterocycles. The lowest BCUT2D eigenvalue weighted by molar-refractivity contribution is -0.145. The summed E-state index contributed by atoms with van der Waals surface area (Å²) in [6, 6.07) is 25.7. The van der Waals surface area contributed by atoms with Crippen LogP contribution in [0.2, 0.25) is 10.0 Å². The van der Waals surface area contributed by atoms with Crippen LogP contribution in [0, 0.1) is 11.3 Å². The van der Waals surface area contributed by atoms with Gasteiger partial charge in [0.15, 0.2) is 0 Å². The van der Waals surface area contributed by atoms with Crippen molar-refractivity contribution >= 4 is 35.0 Å². The number of nitrogens with zero attached hydrogens (tertiary/aromatic N) is 4. The van der Waals surface area contributed by atoms with Crippen molar-refractivity contribution in [2.45, 2.75) is 44.6 Å². The summed E-state index contributed by atoms with van der Waals surface area (Å²) < 4.78 is 12.6. The Morgan fingerprint density at radius 3 is 2.54 bits per heavy atom. The number of aliphatic carboxylic acids is 1. The molecular formula is C41H36Cl2N6O5. The fraction of sp³-hybridized carbons (Fsp3) is 0.244. The number of nitriles is 1. The van der Waals surface area contributed by atoms with Crippen molar-refractivity contribution in [3.05, 3.63) is 129 Å². The summed E-state index contributed by atoms with van der Waals surface area (Å²) >= 11 is 13.9. The molecular weight excluding hydrogens is 727 g/mol. The third-order valence-corrected chi connectivity index (χ3v) is 10.3. The van der Waals surface area contributed by atoms with E-state index in [1.165, 1.54) is 13.1 Å². The summed E-state index contributed by atoms with van der Waals surface area (Å²) in [7, 11) is 0. The summed E-state index contributed by atoms with van der Waals surface area (Å²) in [6.45, 7) is 2.34. The molecule has 2 aromatic heterocycles. The molecule has 4 N–H and O–H groups in total. The maximum Gasteiger partial charge on any atom is 0.326 e. The Kier molecular flexibility index (Phi) is 10.8. The van der Waals surface area contributed by atoms with Crippen molar-refractivity contribution in [2.75, 3.05) is 19.7 Å². The summed E-state index contributed by atoms with van der Waals surface area (Å²) in [5.41, 5.74) is 6.88. The Bertz CT molecular complexity index is 2290. The highest BCUT2D eigenvalue weighted by Gasteiger charge is 2.33. The number of carbonyl (C=O) groups is 1. The number of benzene rings is 3. The number of aliphatic hydroxyl groups excluding tert-OH is 1. The predicted octanol–water partition coefficient (Wildman–Crippen LogP) is 6.91. The van der Waals surface area contributed by atoms with Gasteiger partial charge in [0.05, 0.1) is 23.7 Å². The van der Waals surface area contributed by atoms with E-state index < -0.39 is 18.1 Å². The third kappa shape index (κ3) is 7.60. The molecule has 0 saturated carbocycles. The lowest BCUT2D eigenvalue weighted by Crippen LogP contribution is -2.52. The number of hydrogen-bond acceptors (Lipinski definition) is 10. The Morgan fingerprint density at radius 1 is 1.04 bits per heavy atom. The van der Waals surface area contributed by atoms with Gasteiger partial charge in [-0.3, -0.25) is 20.1 Å². The Labute approximate surface area is 322 Å². The van der Waals surface area contributed by atoms with Crippen molar-refractivity contribution in [1.29, 1.82) is 5.26 Å². The van der Waals surface area contributed by atoms with Gasteiger partial charge in [0.1, 0.15) is 35.2 Å². The number of carboxylic acids is 1. The molecule has 1 unspecified atom stereocenters. The lowest BCUT2D eigenvalue weighted by atomic mass is 9.93. The van der Waals surface area contributed by atoms with Crippen LogP contribution in [-0.4, -0.2) is 57.2 Å². The number of halogens is 2. The molecule has 2 aliphatic rings. The monoisotopic (exact) mass is 762 g/mol. The molecule has 0 amide bonds. The number of pyridine rings is 2. The first kappa shape index (κ1) is 36.8. The quantitative estimate of drug-likeness (QED) is 0.0992. The molecule has 0 bridgehead atoms. The molecule has 3 heterocycles. The minimum absolute atomic E-state index is 0.0197. The molecule has 0 fully saturated rings. The molecule has 54 heavy (non-hydrogen) atoms. The number of ether oxygens (including phenoxy) is 2. The largest absolute Gasteiger partial charge is 0.480 e. The fourth-order valence-electron chi connectivity index (χ4n) is 6.58. The molecule has 11 nitrogen and oxygen atoms in total. The number of carboxylic acid groups (broad SMARTS) is 1. The first-order valence-electron chi connectivity index (χ1n) is 17.4. The van der Waals surface area contributed by atoms with Gasteiger partial charge in [-0.05, 0) is 54.2 Å². The van der Waals surface area contributed by atoms with Crippen LogP contribution >= 0.6 is 23.2 Å². The smallest absolute Gasteiger partial charge is 0.326 e. The van der Waals surface area contributed by atoms with Gasteiger partial charge in [-0.1, -0.05) is 83.9 Å². The Hall–Kier alpha value is -5.51. The normalized spacial score (nSPS) is 15.8. The highest BCUT2D eigenvalue weighted by Crippen LogP contribution is 2.44. The molecule has 3 aromatic carbocycles. The van der Waals surface area contributed by atoms with Crippen LogP contribution in [-0.2, 0) is 24.4 Å². The van der Waals surface area contributed by atoms with E-state index in [1.807, 2.05) is 30.3 Å². The second-order valence-electron chi connectivity index (χ2n) is 13.3. The topological polar surface area (TPSA) is 162 Å². The molecule has 5 aromatic rings. The van der Waals surface area contributed by atoms with Crippen LogP contribution < -0.4 is 20.1 Å². The van der Waals surface area contributed by atoms with Gasteiger partial charge in [0.25, 0.3) is 0 Å². The number of rotatable bonds is 13. The molecule has 0 radical (unpaired) electrons. The van der Waals surface area contributed by atoms with Gasteiger partial charge in [0, 0.05) is 53.3 Å². The second kappa shape index (κ2) is 15.8. The van der Waals surface area contributed by atoms with Crippen LogP contribution in [0.3, 0.4) is 0 Å². The maximum absolute atomic E-state index is 11.9. The van der Waals surface area contributed by atoms with E-state index in [9.17, 15) is 20.3 Å². The second-order valence-corrected chi connectivity index (χ2v) is 14.1. The number of nitrogens with one attached hydrogen (secondary N) is 2. The number of hydrogen-bond donors (Lipinski definition) is 4. The molecule has 7 rings (SSSR count). The van der Waals surface area contributed by atoms with E-state index in [4.69, 9.17) is 32.7 Å². The Balaban J connectivity index is 1.16. The van der Waals surface area contributed by atoms with E-state index in [-0.39, 0.29) is 36.0 Å². The number of amidine groups is 1. The number of fused-ring (bicyclic) bond motifs is 1. The zero-order chi connectivity index (χ0) is 37.8. The van der Waals surface area contributed by atoms with E-state index in [2.05, 4.69) is 62.0 Å². The molecule has 1 aliphatic carbocycles. The van der Waals surface area contributed by atoms with Gasteiger partial charge in [-0.25, -0.2) is 0 Å². The summed E-state index contributed by atoms with van der Waals surface area (Å²) in [5, 5.41) is 35.8. The molecule has 0 saturated heterocycles. The minimum atomic E-state index is -1.62. The fourth-order valence-corrected chi connectivity index (χ4v) is 7.14. The van der Waals surface area contributed by atoms with E-state index in [1.54, 1.807) is 18.3 Å². The molecule has 13 heteroatoms. The van der Waals surface area contributed by atoms with Gasteiger partial charge < -0.3 is 25.0 Å². The number of aliphatic hydroxyl groups is 1. The summed E-state index contributed by atoms with van der Waals surface area (Å²) in [4.78, 5) is 25.1. The van der Waals surface area contributed by atoms with Crippen molar-refractivity contribution < 1.29 is 24.5 Å². The van der Waals surface area contributed by atoms with Crippen LogP contribution in [0.25, 0.3) is 22.3 Å². The first-order valence-corrected chi connectivity index (χ1v) is 18.1. The van der Waals surface area contributed by atoms with Crippen molar-refractivity contribution in [3.8, 4) is 40.1 Å². The molecule has 2 atom stereocenters. The average Bonchev–Trinajstić information content (AvgIpc) is 3.89. The van der Waals surface area contributed by atoms with Crippen LogP contribution in [0.15, 0.2) is 90.2 Å². The SMILES string of the molecule is CC(CO)(NCc1cc(Cl)c(O[C@H]2CCc3c(-c4cccc(-c5ccc(C6=NCCN6)cc5)c4Cl)cccc32)nc1OCc1cncc(C#N)c1)C(=O)O. The Morgan fingerprint density at radius 2 is 1.80 bits per heavy atom. The highest BCUT2D eigenvalue weighted by atomic mass is 35.5. The van der Waals surface area contributed by atoms with Gasteiger partial charge >= 0.3 is 5.97 Å². The zero-order valence-corrected chi connectivity index (χ0v) is 30.8. The minimum Gasteiger partial charge on any atom is -0.480 e. The van der Waals surface area contributed by atoms with Crippen LogP contribution in [0.1, 0.15) is 52.8 Å². The predicted molar refractivity (Wildman–Crippen MR) is 206 cm³/mol. The van der Waals surface area contributed by atoms with Crippen molar-refractivity contribution in [3.63, 3.8) is 0 Å². The standard InChI is InChI=1S/C41H36Cl2N6O5/c1-41(23-50,40(51)52)48-21-28-17-34(42)39(49-38(28)53-22-25-16-24(18-44)19-45-20-25)54-35-13-12-31-30(5-3-6-32(31)35)33-7-2-4-29(36(33)43)26-8-10-27(11-9-26)37-46-14-15-47-37/h2-11,16-17,19-20,35,48,50H,12-15,21-23H2,1H3,(H,46,47)(H,51,52)/t35-,41?/m0/s1. The van der Waals surface area contributed by atoms with E-state index in [0.717, 1.165) is 64.3 Å². The number of aromatic nitrogens is 2. The summed E-state index contributed by atoms with van der Waals surface area (Å²) in [6.07, 6.45) is 4.06. The highest BCUT2D eigenvalue weighted by molar-refractivity contribution is 6.36. The van der Waals surface area contributed by atoms with Gasteiger partial charge in [0.2, 0.25) is 11.8 Å². The first-order chi connectivity index (χ1) is 26.2. The lowest BCUT2D eigenvalue weighted by Gasteiger charge is -2.24. The zero-order valence-electron chi connectivity index (χ0n) is 29.3. The van der Waals surface area contributed by atoms with Crippen LogP contribution in [0.5, 0.6) is 11.8 Å². The van der Waals surface area contributed by atoms with E-state index in [0.29, 0.717) is 28.1 Å². The van der Waals surface area contributed by atoms with Gasteiger partial charge in [-0.15, -0.1) is 0 Å². The molecule has 274 valence electrons. The summed E-state index contributed by atoms with van der Waals surface area (Å²) in [5.74, 6) is -0.0219. The van der Waals surface area contributed by atoms with Crippen LogP contribution in [0.4, 0.5) is 0 Å². The number of aliphatic imine (C=N–C) groups is 1. The molecule has 0 spiro atoms. The average molecular weight is 764 g/mol. The maximum atomic E-state index is 11.9. The van der Waals surface area contributed by atoms with Crippen molar-refractivity contribution in [2.24, 2.45) is 4.99 Å². The van der Waals surface area contributed by atoms with Gasteiger partial charge in [-0.2, -0.15) is 10.2 Å². The van der Waals surface area contributed by atoms with E-state index >= 15 is 0 Å². The van der Waals surface area contributed by atoms with Crippen molar-refractivity contribution in [1.82, 2.24) is 20.6 Å². The third-order valence-electron chi connectivity index (χ3n) is 9.64.